The van der Waals surface area contributed by atoms with E-state index in [-0.39, 0.29) is 12.4 Å². The van der Waals surface area contributed by atoms with Gasteiger partial charge in [-0.25, -0.2) is 4.98 Å². The topological polar surface area (TPSA) is 34.1 Å². The van der Waals surface area contributed by atoms with Crippen LogP contribution in [0.3, 0.4) is 0 Å². The van der Waals surface area contributed by atoms with Gasteiger partial charge in [-0.1, -0.05) is 35.3 Å². The molecule has 0 radical (unpaired) electrons. The van der Waals surface area contributed by atoms with Gasteiger partial charge in [0.15, 0.2) is 0 Å². The molecule has 0 amide bonds. The van der Waals surface area contributed by atoms with Crippen LogP contribution in [0.15, 0.2) is 42.6 Å². The second kappa shape index (κ2) is 9.03. The van der Waals surface area contributed by atoms with Crippen LogP contribution < -0.4 is 10.1 Å². The minimum absolute atomic E-state index is 0. The van der Waals surface area contributed by atoms with E-state index < -0.39 is 0 Å². The fourth-order valence-electron chi connectivity index (χ4n) is 1.57. The Kier molecular flexibility index (Phi) is 7.70. The second-order valence-corrected chi connectivity index (χ2v) is 4.71. The Morgan fingerprint density at radius 2 is 1.80 bits per heavy atom. The highest BCUT2D eigenvalue weighted by Crippen LogP contribution is 2.23. The van der Waals surface area contributed by atoms with Crippen molar-refractivity contribution < 1.29 is 4.74 Å². The SMILES string of the molecule is Cl.Clc1cccc(Cl)c1CNCCOc1ccccn1. The van der Waals surface area contributed by atoms with Crippen molar-refractivity contribution in [2.75, 3.05) is 13.2 Å². The minimum atomic E-state index is 0. The summed E-state index contributed by atoms with van der Waals surface area (Å²) in [5.74, 6) is 0.625. The summed E-state index contributed by atoms with van der Waals surface area (Å²) >= 11 is 12.1. The molecule has 0 fully saturated rings. The fourth-order valence-corrected chi connectivity index (χ4v) is 2.11. The molecule has 108 valence electrons. The molecule has 0 atom stereocenters. The first-order valence-corrected chi connectivity index (χ1v) is 6.70. The van der Waals surface area contributed by atoms with Gasteiger partial charge in [0.25, 0.3) is 0 Å². The first kappa shape index (κ1) is 17.1. The van der Waals surface area contributed by atoms with Crippen molar-refractivity contribution in [3.05, 3.63) is 58.2 Å². The Hall–Kier alpha value is -1.00. The van der Waals surface area contributed by atoms with Crippen LogP contribution in [-0.2, 0) is 6.54 Å². The molecule has 1 heterocycles. The van der Waals surface area contributed by atoms with Crippen LogP contribution in [0.25, 0.3) is 0 Å². The number of rotatable bonds is 6. The molecule has 20 heavy (non-hydrogen) atoms. The van der Waals surface area contributed by atoms with Gasteiger partial charge in [0, 0.05) is 41.0 Å². The molecule has 0 aliphatic carbocycles. The van der Waals surface area contributed by atoms with Crippen molar-refractivity contribution in [2.24, 2.45) is 0 Å². The van der Waals surface area contributed by atoms with Gasteiger partial charge in [-0.15, -0.1) is 12.4 Å². The monoisotopic (exact) mass is 332 g/mol. The maximum absolute atomic E-state index is 6.07. The number of nitrogens with zero attached hydrogens (tertiary/aromatic N) is 1. The number of hydrogen-bond acceptors (Lipinski definition) is 3. The zero-order valence-corrected chi connectivity index (χ0v) is 13.0. The summed E-state index contributed by atoms with van der Waals surface area (Å²) in [5.41, 5.74) is 0.906. The molecular formula is C14H15Cl3N2O. The van der Waals surface area contributed by atoms with Gasteiger partial charge in [-0.3, -0.25) is 0 Å². The Morgan fingerprint density at radius 3 is 2.45 bits per heavy atom. The molecule has 1 aromatic heterocycles. The van der Waals surface area contributed by atoms with Crippen molar-refractivity contribution in [3.63, 3.8) is 0 Å². The van der Waals surface area contributed by atoms with Gasteiger partial charge in [-0.2, -0.15) is 0 Å². The third kappa shape index (κ3) is 5.17. The molecule has 0 saturated heterocycles. The zero-order valence-electron chi connectivity index (χ0n) is 10.7. The van der Waals surface area contributed by atoms with Crippen molar-refractivity contribution >= 4 is 35.6 Å². The average Bonchev–Trinajstić information content (AvgIpc) is 2.42. The Morgan fingerprint density at radius 1 is 1.05 bits per heavy atom. The molecular weight excluding hydrogens is 319 g/mol. The van der Waals surface area contributed by atoms with Crippen LogP contribution in [0, 0.1) is 0 Å². The average molecular weight is 334 g/mol. The van der Waals surface area contributed by atoms with Crippen molar-refractivity contribution in [3.8, 4) is 5.88 Å². The second-order valence-electron chi connectivity index (χ2n) is 3.89. The lowest BCUT2D eigenvalue weighted by Crippen LogP contribution is -2.21. The van der Waals surface area contributed by atoms with Crippen LogP contribution in [-0.4, -0.2) is 18.1 Å². The number of benzene rings is 1. The standard InChI is InChI=1S/C14H14Cl2N2O.ClH/c15-12-4-3-5-13(16)11(12)10-17-8-9-19-14-6-1-2-7-18-14;/h1-7,17H,8-10H2;1H. The quantitative estimate of drug-likeness (QED) is 0.812. The Labute approximate surface area is 134 Å². The predicted octanol–water partition coefficient (Wildman–Crippen LogP) is 3.98. The van der Waals surface area contributed by atoms with E-state index in [9.17, 15) is 0 Å². The van der Waals surface area contributed by atoms with Gasteiger partial charge in [0.1, 0.15) is 6.61 Å². The van der Waals surface area contributed by atoms with E-state index in [2.05, 4.69) is 10.3 Å². The lowest BCUT2D eigenvalue weighted by Gasteiger charge is -2.09. The number of hydrogen-bond donors (Lipinski definition) is 1. The summed E-state index contributed by atoms with van der Waals surface area (Å²) in [4.78, 5) is 4.07. The lowest BCUT2D eigenvalue weighted by molar-refractivity contribution is 0.302. The van der Waals surface area contributed by atoms with E-state index in [0.29, 0.717) is 35.6 Å². The molecule has 1 aromatic carbocycles. The first-order valence-electron chi connectivity index (χ1n) is 5.95. The predicted molar refractivity (Wildman–Crippen MR) is 85.1 cm³/mol. The van der Waals surface area contributed by atoms with Gasteiger partial charge in [0.05, 0.1) is 0 Å². The zero-order chi connectivity index (χ0) is 13.5. The summed E-state index contributed by atoms with van der Waals surface area (Å²) in [6.45, 7) is 1.85. The molecule has 0 spiro atoms. The maximum Gasteiger partial charge on any atom is 0.213 e. The highest BCUT2D eigenvalue weighted by Gasteiger charge is 2.04. The Balaban J connectivity index is 0.00000200. The molecule has 0 bridgehead atoms. The normalized spacial score (nSPS) is 9.90. The summed E-state index contributed by atoms with van der Waals surface area (Å²) in [7, 11) is 0. The van der Waals surface area contributed by atoms with Crippen molar-refractivity contribution in [1.82, 2.24) is 10.3 Å². The highest BCUT2D eigenvalue weighted by molar-refractivity contribution is 6.35. The van der Waals surface area contributed by atoms with E-state index in [1.54, 1.807) is 6.20 Å². The molecule has 1 N–H and O–H groups in total. The molecule has 0 saturated carbocycles. The summed E-state index contributed by atoms with van der Waals surface area (Å²) in [6.07, 6.45) is 1.70. The largest absolute Gasteiger partial charge is 0.476 e. The number of ether oxygens (including phenoxy) is 1. The summed E-state index contributed by atoms with van der Waals surface area (Å²) < 4.78 is 5.46. The van der Waals surface area contributed by atoms with Gasteiger partial charge in [0.2, 0.25) is 5.88 Å². The minimum Gasteiger partial charge on any atom is -0.476 e. The lowest BCUT2D eigenvalue weighted by atomic mass is 10.2. The number of pyridine rings is 1. The molecule has 0 aliphatic heterocycles. The fraction of sp³-hybridized carbons (Fsp3) is 0.214. The van der Waals surface area contributed by atoms with E-state index in [1.165, 1.54) is 0 Å². The molecule has 3 nitrogen and oxygen atoms in total. The molecule has 0 aliphatic rings. The Bertz CT molecular complexity index is 503. The third-order valence-electron chi connectivity index (χ3n) is 2.53. The van der Waals surface area contributed by atoms with Gasteiger partial charge < -0.3 is 10.1 Å². The number of aromatic nitrogens is 1. The van der Waals surface area contributed by atoms with Crippen molar-refractivity contribution in [2.45, 2.75) is 6.54 Å². The van der Waals surface area contributed by atoms with Crippen molar-refractivity contribution in [1.29, 1.82) is 0 Å². The third-order valence-corrected chi connectivity index (χ3v) is 3.24. The molecule has 2 rings (SSSR count). The van der Waals surface area contributed by atoms with Crippen LogP contribution in [0.1, 0.15) is 5.56 Å². The van der Waals surface area contributed by atoms with Gasteiger partial charge >= 0.3 is 0 Å². The first-order chi connectivity index (χ1) is 9.27. The smallest absolute Gasteiger partial charge is 0.213 e. The number of halogens is 3. The molecule has 2 aromatic rings. The van der Waals surface area contributed by atoms with Crippen LogP contribution in [0.5, 0.6) is 5.88 Å². The highest BCUT2D eigenvalue weighted by atomic mass is 35.5. The van der Waals surface area contributed by atoms with E-state index in [1.807, 2.05) is 36.4 Å². The van der Waals surface area contributed by atoms with Crippen LogP contribution in [0.4, 0.5) is 0 Å². The maximum atomic E-state index is 6.07. The number of nitrogens with one attached hydrogen (secondary N) is 1. The van der Waals surface area contributed by atoms with Crippen LogP contribution in [0.2, 0.25) is 10.0 Å². The van der Waals surface area contributed by atoms with Gasteiger partial charge in [-0.05, 0) is 18.2 Å². The molecule has 6 heteroatoms. The van der Waals surface area contributed by atoms with E-state index in [0.717, 1.165) is 5.56 Å². The van der Waals surface area contributed by atoms with Crippen LogP contribution >= 0.6 is 35.6 Å². The van der Waals surface area contributed by atoms with E-state index in [4.69, 9.17) is 27.9 Å². The van der Waals surface area contributed by atoms with E-state index >= 15 is 0 Å². The molecule has 0 unspecified atom stereocenters. The summed E-state index contributed by atoms with van der Waals surface area (Å²) in [6, 6.07) is 11.1. The summed E-state index contributed by atoms with van der Waals surface area (Å²) in [5, 5.41) is 4.58.